The van der Waals surface area contributed by atoms with Gasteiger partial charge in [0.2, 0.25) is 0 Å². The molecule has 0 aliphatic heterocycles. The van der Waals surface area contributed by atoms with E-state index >= 15 is 0 Å². The topological polar surface area (TPSA) is 0 Å². The SMILES string of the molecule is Cc1cc(C)cc(Pc2cccc3cc4ccccc4cc23)c1. The molecule has 0 radical (unpaired) electrons. The molecule has 4 aromatic carbocycles. The van der Waals surface area contributed by atoms with Crippen LogP contribution in [0.2, 0.25) is 0 Å². The van der Waals surface area contributed by atoms with Gasteiger partial charge in [0.15, 0.2) is 0 Å². The molecule has 4 aromatic rings. The molecule has 0 saturated heterocycles. The minimum Gasteiger partial charge on any atom is -0.0616 e. The van der Waals surface area contributed by atoms with Crippen molar-refractivity contribution in [3.05, 3.63) is 83.9 Å². The summed E-state index contributed by atoms with van der Waals surface area (Å²) in [4.78, 5) is 0. The quantitative estimate of drug-likeness (QED) is 0.351. The minimum absolute atomic E-state index is 0.694. The van der Waals surface area contributed by atoms with E-state index in [4.69, 9.17) is 0 Å². The van der Waals surface area contributed by atoms with Gasteiger partial charge in [-0.1, -0.05) is 80.4 Å². The molecule has 23 heavy (non-hydrogen) atoms. The zero-order valence-electron chi connectivity index (χ0n) is 13.4. The fraction of sp³-hybridized carbons (Fsp3) is 0.0909. The lowest BCUT2D eigenvalue weighted by atomic mass is 10.0. The van der Waals surface area contributed by atoms with E-state index < -0.39 is 0 Å². The predicted molar refractivity (Wildman–Crippen MR) is 105 cm³/mol. The van der Waals surface area contributed by atoms with Gasteiger partial charge in [-0.3, -0.25) is 0 Å². The molecule has 0 saturated carbocycles. The number of rotatable bonds is 2. The summed E-state index contributed by atoms with van der Waals surface area (Å²) >= 11 is 0. The van der Waals surface area contributed by atoms with Crippen LogP contribution in [0.4, 0.5) is 0 Å². The van der Waals surface area contributed by atoms with Crippen molar-refractivity contribution in [2.45, 2.75) is 13.8 Å². The van der Waals surface area contributed by atoms with E-state index in [0.717, 1.165) is 0 Å². The Kier molecular flexibility index (Phi) is 3.63. The van der Waals surface area contributed by atoms with Crippen LogP contribution in [0.3, 0.4) is 0 Å². The summed E-state index contributed by atoms with van der Waals surface area (Å²) in [5.74, 6) is 0. The Morgan fingerprint density at radius 2 is 1.26 bits per heavy atom. The van der Waals surface area contributed by atoms with Crippen molar-refractivity contribution in [3.8, 4) is 0 Å². The number of benzene rings is 4. The first-order valence-corrected chi connectivity index (χ1v) is 8.96. The highest BCUT2D eigenvalue weighted by Crippen LogP contribution is 2.25. The van der Waals surface area contributed by atoms with Gasteiger partial charge in [0.1, 0.15) is 0 Å². The smallest absolute Gasteiger partial charge is 0.00999 e. The first-order valence-electron chi connectivity index (χ1n) is 7.96. The highest BCUT2D eigenvalue weighted by atomic mass is 31.1. The maximum atomic E-state index is 2.34. The monoisotopic (exact) mass is 314 g/mol. The van der Waals surface area contributed by atoms with Gasteiger partial charge in [0, 0.05) is 0 Å². The molecule has 0 aliphatic carbocycles. The molecule has 0 fully saturated rings. The van der Waals surface area contributed by atoms with Gasteiger partial charge in [-0.15, -0.1) is 0 Å². The molecule has 0 aromatic heterocycles. The largest absolute Gasteiger partial charge is 0.0616 e. The summed E-state index contributed by atoms with van der Waals surface area (Å²) in [7, 11) is 0.694. The normalized spacial score (nSPS) is 11.7. The van der Waals surface area contributed by atoms with E-state index in [9.17, 15) is 0 Å². The van der Waals surface area contributed by atoms with Gasteiger partial charge in [0.25, 0.3) is 0 Å². The molecule has 0 spiro atoms. The van der Waals surface area contributed by atoms with Crippen molar-refractivity contribution in [3.63, 3.8) is 0 Å². The highest BCUT2D eigenvalue weighted by molar-refractivity contribution is 7.56. The third kappa shape index (κ3) is 2.87. The van der Waals surface area contributed by atoms with E-state index in [2.05, 4.69) is 86.6 Å². The Labute approximate surface area is 138 Å². The Bertz CT molecular complexity index is 994. The first-order chi connectivity index (χ1) is 11.2. The third-order valence-corrected chi connectivity index (χ3v) is 5.53. The second kappa shape index (κ2) is 5.80. The zero-order valence-corrected chi connectivity index (χ0v) is 14.4. The van der Waals surface area contributed by atoms with Crippen molar-refractivity contribution in [2.24, 2.45) is 0 Å². The van der Waals surface area contributed by atoms with Crippen LogP contribution in [0.1, 0.15) is 11.1 Å². The highest BCUT2D eigenvalue weighted by Gasteiger charge is 2.05. The second-order valence-corrected chi connectivity index (χ2v) is 7.59. The lowest BCUT2D eigenvalue weighted by Gasteiger charge is -2.10. The van der Waals surface area contributed by atoms with Crippen LogP contribution in [0.25, 0.3) is 21.5 Å². The number of aryl methyl sites for hydroxylation is 2. The Morgan fingerprint density at radius 3 is 2.00 bits per heavy atom. The average Bonchev–Trinajstić information content (AvgIpc) is 2.52. The molecule has 0 N–H and O–H groups in total. The molecule has 0 amide bonds. The van der Waals surface area contributed by atoms with Gasteiger partial charge in [-0.05, 0) is 58.1 Å². The number of fused-ring (bicyclic) bond motifs is 2. The molecule has 1 heteroatoms. The van der Waals surface area contributed by atoms with Crippen LogP contribution in [-0.2, 0) is 0 Å². The standard InChI is InChI=1S/C22H19P/c1-15-10-16(2)12-20(11-15)23-22-9-5-8-19-13-17-6-3-4-7-18(17)14-21(19)22/h3-14,23H,1-2H3. The first kappa shape index (κ1) is 14.4. The van der Waals surface area contributed by atoms with Gasteiger partial charge in [-0.25, -0.2) is 0 Å². The van der Waals surface area contributed by atoms with E-state index in [1.54, 1.807) is 0 Å². The van der Waals surface area contributed by atoms with Crippen molar-refractivity contribution >= 4 is 40.7 Å². The van der Waals surface area contributed by atoms with Crippen molar-refractivity contribution in [1.29, 1.82) is 0 Å². The lowest BCUT2D eigenvalue weighted by Crippen LogP contribution is -2.05. The van der Waals surface area contributed by atoms with Crippen LogP contribution in [-0.4, -0.2) is 0 Å². The van der Waals surface area contributed by atoms with Crippen LogP contribution >= 0.6 is 8.58 Å². The average molecular weight is 314 g/mol. The molecule has 1 atom stereocenters. The molecular formula is C22H19P. The second-order valence-electron chi connectivity index (χ2n) is 6.23. The third-order valence-electron chi connectivity index (χ3n) is 4.25. The molecule has 0 aliphatic rings. The molecular weight excluding hydrogens is 295 g/mol. The number of hydrogen-bond donors (Lipinski definition) is 0. The van der Waals surface area contributed by atoms with E-state index in [0.29, 0.717) is 8.58 Å². The fourth-order valence-corrected chi connectivity index (χ4v) is 4.72. The van der Waals surface area contributed by atoms with Gasteiger partial charge >= 0.3 is 0 Å². The maximum absolute atomic E-state index is 2.34. The fourth-order valence-electron chi connectivity index (χ4n) is 3.28. The van der Waals surface area contributed by atoms with Crippen molar-refractivity contribution in [2.75, 3.05) is 0 Å². The summed E-state index contributed by atoms with van der Waals surface area (Å²) in [5.41, 5.74) is 2.69. The van der Waals surface area contributed by atoms with Crippen LogP contribution in [0.5, 0.6) is 0 Å². The van der Waals surface area contributed by atoms with Gasteiger partial charge in [0.05, 0.1) is 0 Å². The Hall–Kier alpha value is -2.17. The van der Waals surface area contributed by atoms with E-state index in [1.165, 1.54) is 43.3 Å². The van der Waals surface area contributed by atoms with Crippen LogP contribution < -0.4 is 10.6 Å². The Balaban J connectivity index is 1.87. The molecule has 1 unspecified atom stereocenters. The van der Waals surface area contributed by atoms with Crippen molar-refractivity contribution < 1.29 is 0 Å². The lowest BCUT2D eigenvalue weighted by molar-refractivity contribution is 1.41. The summed E-state index contributed by atoms with van der Waals surface area (Å²) < 4.78 is 0. The van der Waals surface area contributed by atoms with Crippen molar-refractivity contribution in [1.82, 2.24) is 0 Å². The molecule has 0 nitrogen and oxygen atoms in total. The zero-order chi connectivity index (χ0) is 15.8. The molecule has 0 bridgehead atoms. The summed E-state index contributed by atoms with van der Waals surface area (Å²) in [6.07, 6.45) is 0. The maximum Gasteiger partial charge on any atom is -0.00999 e. The number of hydrogen-bond acceptors (Lipinski definition) is 0. The molecule has 112 valence electrons. The summed E-state index contributed by atoms with van der Waals surface area (Å²) in [5, 5.41) is 8.19. The minimum atomic E-state index is 0.694. The van der Waals surface area contributed by atoms with E-state index in [1.807, 2.05) is 0 Å². The van der Waals surface area contributed by atoms with Gasteiger partial charge in [-0.2, -0.15) is 0 Å². The Morgan fingerprint density at radius 1 is 0.609 bits per heavy atom. The summed E-state index contributed by atoms with van der Waals surface area (Å²) in [6.45, 7) is 4.36. The van der Waals surface area contributed by atoms with Gasteiger partial charge < -0.3 is 0 Å². The molecule has 0 heterocycles. The van der Waals surface area contributed by atoms with E-state index in [-0.39, 0.29) is 0 Å². The predicted octanol–water partition coefficient (Wildman–Crippen LogP) is 5.24. The van der Waals surface area contributed by atoms with Crippen LogP contribution in [0, 0.1) is 13.8 Å². The van der Waals surface area contributed by atoms with Crippen LogP contribution in [0.15, 0.2) is 72.8 Å². The molecule has 4 rings (SSSR count). The summed E-state index contributed by atoms with van der Waals surface area (Å²) in [6, 6.07) is 26.8.